The average Bonchev–Trinajstić information content (AvgIpc) is 2.53. The van der Waals surface area contributed by atoms with Gasteiger partial charge in [-0.2, -0.15) is 0 Å². The molecule has 1 heterocycles. The molecule has 0 radical (unpaired) electrons. The zero-order chi connectivity index (χ0) is 19.4. The highest BCUT2D eigenvalue weighted by molar-refractivity contribution is 5.81. The maximum Gasteiger partial charge on any atom is 0.379 e. The smallest absolute Gasteiger partial charge is 0.379 e. The Kier molecular flexibility index (Phi) is 7.41. The fraction of sp³-hybridized carbons (Fsp3) is 0.833. The summed E-state index contributed by atoms with van der Waals surface area (Å²) in [5.41, 5.74) is 0. The molecule has 0 N–H and O–H groups in total. The molecule has 7 heteroatoms. The van der Waals surface area contributed by atoms with Crippen molar-refractivity contribution in [2.24, 2.45) is 17.8 Å². The van der Waals surface area contributed by atoms with Gasteiger partial charge in [-0.3, -0.25) is 9.59 Å². The van der Waals surface area contributed by atoms with E-state index in [2.05, 4.69) is 0 Å². The highest BCUT2D eigenvalue weighted by Gasteiger charge is 2.54. The molecule has 1 fully saturated rings. The van der Waals surface area contributed by atoms with Crippen LogP contribution >= 0.6 is 0 Å². The van der Waals surface area contributed by atoms with Gasteiger partial charge in [0.2, 0.25) is 0 Å². The van der Waals surface area contributed by atoms with Crippen LogP contribution in [0.2, 0.25) is 0 Å². The Bertz CT molecular complexity index is 504. The minimum atomic E-state index is -1.76. The molecule has 0 aromatic rings. The lowest BCUT2D eigenvalue weighted by Crippen LogP contribution is -2.58. The van der Waals surface area contributed by atoms with E-state index in [1.54, 1.807) is 0 Å². The summed E-state index contributed by atoms with van der Waals surface area (Å²) in [5, 5.41) is 0. The van der Waals surface area contributed by atoms with Gasteiger partial charge in [0.15, 0.2) is 0 Å². The fourth-order valence-corrected chi connectivity index (χ4v) is 3.51. The number of hydrogen-bond donors (Lipinski definition) is 0. The standard InChI is InChI=1S/C18H30O7/c1-8-15(23-13(5)19)12(4)16-11(3)10(2)9-18(25-16,17(21)22-7)24-14(6)20/h10-12,15-16H,8-9H2,1-7H3/t10?,11?,12-,15-,16?,18?/m1/s1. The predicted octanol–water partition coefficient (Wildman–Crippen LogP) is 2.46. The first-order chi connectivity index (χ1) is 11.6. The molecule has 4 unspecified atom stereocenters. The Morgan fingerprint density at radius 2 is 1.80 bits per heavy atom. The monoisotopic (exact) mass is 358 g/mol. The van der Waals surface area contributed by atoms with Gasteiger partial charge < -0.3 is 18.9 Å². The summed E-state index contributed by atoms with van der Waals surface area (Å²) < 4.78 is 21.5. The molecule has 144 valence electrons. The quantitative estimate of drug-likeness (QED) is 0.532. The minimum absolute atomic E-state index is 0.0366. The molecule has 0 bridgehead atoms. The van der Waals surface area contributed by atoms with Crippen LogP contribution in [0.5, 0.6) is 0 Å². The van der Waals surface area contributed by atoms with Gasteiger partial charge in [-0.15, -0.1) is 0 Å². The molecule has 6 atom stereocenters. The molecule has 25 heavy (non-hydrogen) atoms. The highest BCUT2D eigenvalue weighted by Crippen LogP contribution is 2.42. The van der Waals surface area contributed by atoms with Crippen molar-refractivity contribution in [1.29, 1.82) is 0 Å². The summed E-state index contributed by atoms with van der Waals surface area (Å²) in [7, 11) is 1.23. The van der Waals surface area contributed by atoms with Crippen LogP contribution in [0.15, 0.2) is 0 Å². The van der Waals surface area contributed by atoms with Crippen molar-refractivity contribution >= 4 is 17.9 Å². The van der Waals surface area contributed by atoms with Crippen molar-refractivity contribution in [1.82, 2.24) is 0 Å². The maximum atomic E-state index is 12.4. The van der Waals surface area contributed by atoms with Gasteiger partial charge in [0.25, 0.3) is 0 Å². The summed E-state index contributed by atoms with van der Waals surface area (Å²) in [6.45, 7) is 10.4. The average molecular weight is 358 g/mol. The fourth-order valence-electron chi connectivity index (χ4n) is 3.51. The van der Waals surface area contributed by atoms with Crippen LogP contribution in [0.25, 0.3) is 0 Å². The molecule has 7 nitrogen and oxygen atoms in total. The van der Waals surface area contributed by atoms with Crippen molar-refractivity contribution in [3.63, 3.8) is 0 Å². The van der Waals surface area contributed by atoms with E-state index < -0.39 is 23.8 Å². The highest BCUT2D eigenvalue weighted by atomic mass is 16.7. The molecule has 0 amide bonds. The van der Waals surface area contributed by atoms with Crippen LogP contribution in [0, 0.1) is 17.8 Å². The van der Waals surface area contributed by atoms with E-state index in [4.69, 9.17) is 18.9 Å². The topological polar surface area (TPSA) is 88.1 Å². The first kappa shape index (κ1) is 21.4. The Labute approximate surface area is 149 Å². The van der Waals surface area contributed by atoms with Crippen molar-refractivity contribution in [2.45, 2.75) is 72.4 Å². The molecular formula is C18H30O7. The number of ether oxygens (including phenoxy) is 4. The van der Waals surface area contributed by atoms with Crippen molar-refractivity contribution in [3.05, 3.63) is 0 Å². The first-order valence-corrected chi connectivity index (χ1v) is 8.71. The molecule has 0 aromatic carbocycles. The van der Waals surface area contributed by atoms with Gasteiger partial charge in [0, 0.05) is 26.2 Å². The Balaban J connectivity index is 3.17. The van der Waals surface area contributed by atoms with Crippen molar-refractivity contribution in [3.8, 4) is 0 Å². The third kappa shape index (κ3) is 4.93. The molecule has 0 saturated carbocycles. The van der Waals surface area contributed by atoms with Crippen LogP contribution in [0.4, 0.5) is 0 Å². The molecule has 0 aliphatic carbocycles. The second-order valence-corrected chi connectivity index (χ2v) is 6.88. The summed E-state index contributed by atoms with van der Waals surface area (Å²) in [4.78, 5) is 35.3. The Morgan fingerprint density at radius 1 is 1.20 bits per heavy atom. The van der Waals surface area contributed by atoms with Gasteiger partial charge in [-0.05, 0) is 18.3 Å². The Hall–Kier alpha value is -1.63. The van der Waals surface area contributed by atoms with E-state index in [1.807, 2.05) is 27.7 Å². The van der Waals surface area contributed by atoms with Crippen LogP contribution in [-0.2, 0) is 33.3 Å². The van der Waals surface area contributed by atoms with E-state index in [0.717, 1.165) is 0 Å². The molecule has 1 rings (SSSR count). The number of hydrogen-bond acceptors (Lipinski definition) is 7. The normalized spacial score (nSPS) is 31.6. The summed E-state index contributed by atoms with van der Waals surface area (Å²) in [6.07, 6.45) is 0.0310. The van der Waals surface area contributed by atoms with Gasteiger partial charge in [-0.1, -0.05) is 27.7 Å². The number of carbonyl (C=O) groups is 3. The zero-order valence-electron chi connectivity index (χ0n) is 16.2. The van der Waals surface area contributed by atoms with Crippen LogP contribution in [-0.4, -0.2) is 43.0 Å². The molecule has 0 aromatic heterocycles. The lowest BCUT2D eigenvalue weighted by Gasteiger charge is -2.47. The van der Waals surface area contributed by atoms with E-state index in [1.165, 1.54) is 21.0 Å². The SMILES string of the molecule is CC[C@@H](OC(C)=O)[C@@H](C)C1OC(OC(C)=O)(C(=O)OC)CC(C)C1C. The van der Waals surface area contributed by atoms with Gasteiger partial charge in [0.05, 0.1) is 13.2 Å². The zero-order valence-corrected chi connectivity index (χ0v) is 16.2. The molecule has 0 spiro atoms. The summed E-state index contributed by atoms with van der Waals surface area (Å²) in [5.74, 6) is -3.56. The Morgan fingerprint density at radius 3 is 2.24 bits per heavy atom. The molecule has 1 aliphatic heterocycles. The van der Waals surface area contributed by atoms with E-state index in [0.29, 0.717) is 6.42 Å². The molecular weight excluding hydrogens is 328 g/mol. The third-order valence-corrected chi connectivity index (χ3v) is 4.96. The molecule has 1 saturated heterocycles. The number of esters is 3. The lowest BCUT2D eigenvalue weighted by molar-refractivity contribution is -0.294. The summed E-state index contributed by atoms with van der Waals surface area (Å²) >= 11 is 0. The van der Waals surface area contributed by atoms with E-state index in [-0.39, 0.29) is 36.2 Å². The van der Waals surface area contributed by atoms with E-state index in [9.17, 15) is 14.4 Å². The van der Waals surface area contributed by atoms with Crippen LogP contribution < -0.4 is 0 Å². The van der Waals surface area contributed by atoms with Crippen molar-refractivity contribution < 1.29 is 33.3 Å². The first-order valence-electron chi connectivity index (χ1n) is 8.71. The summed E-state index contributed by atoms with van der Waals surface area (Å²) in [6, 6.07) is 0. The minimum Gasteiger partial charge on any atom is -0.464 e. The van der Waals surface area contributed by atoms with Gasteiger partial charge in [0.1, 0.15) is 6.10 Å². The number of carbonyl (C=O) groups excluding carboxylic acids is 3. The van der Waals surface area contributed by atoms with Crippen LogP contribution in [0.1, 0.15) is 54.4 Å². The van der Waals surface area contributed by atoms with E-state index >= 15 is 0 Å². The van der Waals surface area contributed by atoms with Gasteiger partial charge in [-0.25, -0.2) is 4.79 Å². The maximum absolute atomic E-state index is 12.4. The second kappa shape index (κ2) is 8.65. The predicted molar refractivity (Wildman–Crippen MR) is 89.3 cm³/mol. The molecule has 1 aliphatic rings. The van der Waals surface area contributed by atoms with Gasteiger partial charge >= 0.3 is 23.7 Å². The van der Waals surface area contributed by atoms with Crippen molar-refractivity contribution in [2.75, 3.05) is 7.11 Å². The number of rotatable bonds is 6. The lowest BCUT2D eigenvalue weighted by atomic mass is 9.76. The second-order valence-electron chi connectivity index (χ2n) is 6.88. The third-order valence-electron chi connectivity index (χ3n) is 4.96. The van der Waals surface area contributed by atoms with Crippen LogP contribution in [0.3, 0.4) is 0 Å². The number of methoxy groups -OCH3 is 1. The largest absolute Gasteiger partial charge is 0.464 e.